The molecule has 0 amide bonds. The minimum atomic E-state index is -0.474. The summed E-state index contributed by atoms with van der Waals surface area (Å²) in [7, 11) is 1.80. The van der Waals surface area contributed by atoms with E-state index < -0.39 is 6.04 Å². The molecule has 2 aliphatic heterocycles. The fourth-order valence-electron chi connectivity index (χ4n) is 4.63. The summed E-state index contributed by atoms with van der Waals surface area (Å²) < 4.78 is 21.9. The highest BCUT2D eigenvalue weighted by Gasteiger charge is 2.34. The number of morpholine rings is 1. The van der Waals surface area contributed by atoms with Crippen molar-refractivity contribution < 1.29 is 14.2 Å². The van der Waals surface area contributed by atoms with E-state index in [0.717, 1.165) is 17.1 Å². The standard InChI is InChI=1S/C25H24FN7O2/c1-30-21(18-4-2-3-5-19(18)26)15-25(34)33(30)23-16-24(31-10-12-35-13-11-31)32-22(28-23)14-20(29-32)17-6-8-27-9-7-17/h2-9,14-16,21,34H,10-13H2,1H3. The molecule has 3 aromatic heterocycles. The molecule has 5 heterocycles. The van der Waals surface area contributed by atoms with Crippen LogP contribution < -0.4 is 9.91 Å². The zero-order chi connectivity index (χ0) is 23.9. The number of hydrogen-bond donors (Lipinski definition) is 1. The zero-order valence-electron chi connectivity index (χ0n) is 19.1. The highest BCUT2D eigenvalue weighted by molar-refractivity contribution is 5.68. The maximum Gasteiger partial charge on any atom is 0.205 e. The summed E-state index contributed by atoms with van der Waals surface area (Å²) >= 11 is 0. The third kappa shape index (κ3) is 3.76. The van der Waals surface area contributed by atoms with E-state index in [-0.39, 0.29) is 11.7 Å². The molecular weight excluding hydrogens is 449 g/mol. The summed E-state index contributed by atoms with van der Waals surface area (Å²) in [6, 6.07) is 13.7. The van der Waals surface area contributed by atoms with Gasteiger partial charge in [-0.2, -0.15) is 9.61 Å². The van der Waals surface area contributed by atoms with Crippen molar-refractivity contribution in [3.8, 4) is 11.3 Å². The fourth-order valence-corrected chi connectivity index (χ4v) is 4.63. The first-order valence-electron chi connectivity index (χ1n) is 11.4. The van der Waals surface area contributed by atoms with Crippen LogP contribution in [-0.2, 0) is 4.74 Å². The number of hydrogen-bond acceptors (Lipinski definition) is 8. The van der Waals surface area contributed by atoms with E-state index in [9.17, 15) is 9.50 Å². The van der Waals surface area contributed by atoms with E-state index in [2.05, 4.69) is 9.88 Å². The van der Waals surface area contributed by atoms with Crippen LogP contribution in [0.5, 0.6) is 0 Å². The van der Waals surface area contributed by atoms with Crippen molar-refractivity contribution in [3.05, 3.63) is 84.3 Å². The minimum Gasteiger partial charge on any atom is -0.494 e. The molecule has 178 valence electrons. The number of aromatic nitrogens is 4. The van der Waals surface area contributed by atoms with Crippen LogP contribution in [0.15, 0.2) is 72.9 Å². The van der Waals surface area contributed by atoms with Crippen LogP contribution in [0.2, 0.25) is 0 Å². The monoisotopic (exact) mass is 473 g/mol. The molecule has 9 nitrogen and oxygen atoms in total. The summed E-state index contributed by atoms with van der Waals surface area (Å²) in [5.74, 6) is 1.00. The molecule has 2 aliphatic rings. The Labute approximate surface area is 201 Å². The van der Waals surface area contributed by atoms with Gasteiger partial charge >= 0.3 is 0 Å². The van der Waals surface area contributed by atoms with E-state index in [1.54, 1.807) is 53.7 Å². The number of anilines is 2. The van der Waals surface area contributed by atoms with E-state index in [0.29, 0.717) is 43.3 Å². The Balaban J connectivity index is 1.45. The summed E-state index contributed by atoms with van der Waals surface area (Å²) in [4.78, 5) is 11.1. The zero-order valence-corrected chi connectivity index (χ0v) is 19.1. The van der Waals surface area contributed by atoms with Gasteiger partial charge in [0.05, 0.1) is 24.9 Å². The molecule has 1 aromatic carbocycles. The number of ether oxygens (including phenoxy) is 1. The topological polar surface area (TPSA) is 82.3 Å². The van der Waals surface area contributed by atoms with Crippen molar-refractivity contribution in [1.29, 1.82) is 0 Å². The van der Waals surface area contributed by atoms with Gasteiger partial charge in [-0.3, -0.25) is 4.98 Å². The first kappa shape index (κ1) is 21.5. The smallest absolute Gasteiger partial charge is 0.205 e. The van der Waals surface area contributed by atoms with Gasteiger partial charge in [0.2, 0.25) is 5.88 Å². The van der Waals surface area contributed by atoms with Gasteiger partial charge in [0.15, 0.2) is 11.5 Å². The number of aliphatic hydroxyl groups excluding tert-OH is 1. The molecule has 1 atom stereocenters. The average molecular weight is 474 g/mol. The number of hydrazine groups is 1. The molecular formula is C25H24FN7O2. The maximum atomic E-state index is 14.5. The molecule has 0 spiro atoms. The van der Waals surface area contributed by atoms with Gasteiger partial charge in [0, 0.05) is 61.9 Å². The number of aliphatic hydroxyl groups is 1. The Hall–Kier alpha value is -4.02. The number of rotatable bonds is 4. The molecule has 6 rings (SSSR count). The van der Waals surface area contributed by atoms with Crippen molar-refractivity contribution in [2.75, 3.05) is 43.3 Å². The molecule has 4 aromatic rings. The SMILES string of the molecule is CN1C(c2ccccc2F)C=C(O)N1c1cc(N2CCOCC2)n2nc(-c3ccncc3)cc2n1. The molecule has 35 heavy (non-hydrogen) atoms. The van der Waals surface area contributed by atoms with Crippen LogP contribution in [0.4, 0.5) is 16.0 Å². The van der Waals surface area contributed by atoms with Gasteiger partial charge in [0.1, 0.15) is 11.6 Å². The largest absolute Gasteiger partial charge is 0.494 e. The van der Waals surface area contributed by atoms with Crippen LogP contribution in [0.1, 0.15) is 11.6 Å². The van der Waals surface area contributed by atoms with Crippen molar-refractivity contribution in [3.63, 3.8) is 0 Å². The van der Waals surface area contributed by atoms with Gasteiger partial charge < -0.3 is 14.7 Å². The van der Waals surface area contributed by atoms with E-state index >= 15 is 0 Å². The third-order valence-electron chi connectivity index (χ3n) is 6.39. The molecule has 0 radical (unpaired) electrons. The normalized spacial score (nSPS) is 18.9. The Bertz CT molecular complexity index is 1400. The number of benzene rings is 1. The highest BCUT2D eigenvalue weighted by Crippen LogP contribution is 2.37. The molecule has 1 fully saturated rings. The van der Waals surface area contributed by atoms with E-state index in [1.807, 2.05) is 28.8 Å². The number of halogens is 1. The summed E-state index contributed by atoms with van der Waals surface area (Å²) in [5.41, 5.74) is 2.81. The molecule has 1 N–H and O–H groups in total. The van der Waals surface area contributed by atoms with Gasteiger partial charge in [-0.15, -0.1) is 0 Å². The minimum absolute atomic E-state index is 0.0144. The second-order valence-electron chi connectivity index (χ2n) is 8.48. The molecule has 0 saturated carbocycles. The van der Waals surface area contributed by atoms with Crippen molar-refractivity contribution in [1.82, 2.24) is 24.6 Å². The van der Waals surface area contributed by atoms with Crippen LogP contribution >= 0.6 is 0 Å². The molecule has 1 unspecified atom stereocenters. The fraction of sp³-hybridized carbons (Fsp3) is 0.240. The third-order valence-corrected chi connectivity index (χ3v) is 6.39. The quantitative estimate of drug-likeness (QED) is 0.482. The van der Waals surface area contributed by atoms with Crippen molar-refractivity contribution in [2.45, 2.75) is 6.04 Å². The summed E-state index contributed by atoms with van der Waals surface area (Å²) in [5, 5.41) is 19.1. The van der Waals surface area contributed by atoms with Crippen LogP contribution in [0.3, 0.4) is 0 Å². The maximum absolute atomic E-state index is 14.5. The Morgan fingerprint density at radius 3 is 2.60 bits per heavy atom. The lowest BCUT2D eigenvalue weighted by Gasteiger charge is -2.32. The van der Waals surface area contributed by atoms with Gasteiger partial charge in [-0.25, -0.2) is 19.4 Å². The number of pyridine rings is 1. The average Bonchev–Trinajstić information content (AvgIpc) is 3.45. The van der Waals surface area contributed by atoms with Gasteiger partial charge in [-0.05, 0) is 18.2 Å². The summed E-state index contributed by atoms with van der Waals surface area (Å²) in [6.07, 6.45) is 5.08. The first-order chi connectivity index (χ1) is 17.1. The lowest BCUT2D eigenvalue weighted by Crippen LogP contribution is -2.39. The number of likely N-dealkylation sites (N-methyl/N-ethyl adjacent to an activating group) is 1. The van der Waals surface area contributed by atoms with Crippen molar-refractivity contribution >= 4 is 17.3 Å². The van der Waals surface area contributed by atoms with Crippen LogP contribution in [0, 0.1) is 5.82 Å². The Morgan fingerprint density at radius 2 is 1.83 bits per heavy atom. The molecule has 1 saturated heterocycles. The van der Waals surface area contributed by atoms with Gasteiger partial charge in [0.25, 0.3) is 0 Å². The predicted octanol–water partition coefficient (Wildman–Crippen LogP) is 3.57. The lowest BCUT2D eigenvalue weighted by atomic mass is 10.1. The summed E-state index contributed by atoms with van der Waals surface area (Å²) in [6.45, 7) is 2.64. The lowest BCUT2D eigenvalue weighted by molar-refractivity contribution is 0.122. The second kappa shape index (κ2) is 8.64. The predicted molar refractivity (Wildman–Crippen MR) is 129 cm³/mol. The van der Waals surface area contributed by atoms with E-state index in [4.69, 9.17) is 14.8 Å². The highest BCUT2D eigenvalue weighted by atomic mass is 19.1. The Morgan fingerprint density at radius 1 is 1.06 bits per heavy atom. The Kier molecular flexibility index (Phi) is 5.31. The van der Waals surface area contributed by atoms with Crippen LogP contribution in [0.25, 0.3) is 16.9 Å². The molecule has 0 aliphatic carbocycles. The van der Waals surface area contributed by atoms with Crippen molar-refractivity contribution in [2.24, 2.45) is 0 Å². The number of fused-ring (bicyclic) bond motifs is 1. The van der Waals surface area contributed by atoms with Crippen LogP contribution in [-0.4, -0.2) is 63.0 Å². The van der Waals surface area contributed by atoms with Gasteiger partial charge in [-0.1, -0.05) is 18.2 Å². The molecule has 10 heteroatoms. The number of nitrogens with zero attached hydrogens (tertiary/aromatic N) is 7. The van der Waals surface area contributed by atoms with E-state index in [1.165, 1.54) is 6.07 Å². The molecule has 0 bridgehead atoms. The first-order valence-corrected chi connectivity index (χ1v) is 11.4. The second-order valence-corrected chi connectivity index (χ2v) is 8.48.